The van der Waals surface area contributed by atoms with E-state index >= 15 is 0 Å². The summed E-state index contributed by atoms with van der Waals surface area (Å²) in [6.07, 6.45) is 1.74. The van der Waals surface area contributed by atoms with Gasteiger partial charge in [-0.3, -0.25) is 4.99 Å². The van der Waals surface area contributed by atoms with Gasteiger partial charge in [-0.1, -0.05) is 0 Å². The van der Waals surface area contributed by atoms with Crippen LogP contribution in [0.5, 0.6) is 5.75 Å². The Balaban J connectivity index is 2.45. The van der Waals surface area contributed by atoms with Crippen LogP contribution >= 0.6 is 0 Å². The lowest BCUT2D eigenvalue weighted by molar-refractivity contribution is 0.146. The fraction of sp³-hybridized carbons (Fsp3) is 0.364. The second-order valence-corrected chi connectivity index (χ2v) is 2.90. The maximum absolute atomic E-state index is 5.41. The van der Waals surface area contributed by atoms with Gasteiger partial charge in [0, 0.05) is 13.3 Å². The molecular formula is C11H16N2O2. The molecule has 0 unspecified atom stereocenters. The highest BCUT2D eigenvalue weighted by molar-refractivity contribution is 5.79. The van der Waals surface area contributed by atoms with Crippen LogP contribution in [-0.4, -0.2) is 33.2 Å². The summed E-state index contributed by atoms with van der Waals surface area (Å²) in [5.74, 6) is 0.831. The lowest BCUT2D eigenvalue weighted by Crippen LogP contribution is -2.04. The molecule has 1 aromatic rings. The van der Waals surface area contributed by atoms with Crippen LogP contribution in [0.4, 0.5) is 0 Å². The van der Waals surface area contributed by atoms with Crippen molar-refractivity contribution in [3.05, 3.63) is 29.8 Å². The van der Waals surface area contributed by atoms with Crippen LogP contribution < -0.4 is 10.5 Å². The predicted molar refractivity (Wildman–Crippen MR) is 60.5 cm³/mol. The van der Waals surface area contributed by atoms with Crippen molar-refractivity contribution in [1.29, 1.82) is 0 Å². The van der Waals surface area contributed by atoms with Gasteiger partial charge in [-0.25, -0.2) is 0 Å². The zero-order valence-electron chi connectivity index (χ0n) is 8.85. The Morgan fingerprint density at radius 3 is 2.60 bits per heavy atom. The number of hydrogen-bond donors (Lipinski definition) is 1. The fourth-order valence-corrected chi connectivity index (χ4v) is 1.05. The molecule has 4 nitrogen and oxygen atoms in total. The third kappa shape index (κ3) is 4.58. The molecule has 0 aliphatic rings. The topological polar surface area (TPSA) is 56.8 Å². The summed E-state index contributed by atoms with van der Waals surface area (Å²) >= 11 is 0. The van der Waals surface area contributed by atoms with Crippen LogP contribution in [-0.2, 0) is 4.74 Å². The van der Waals surface area contributed by atoms with Crippen LogP contribution in [0.1, 0.15) is 5.56 Å². The van der Waals surface area contributed by atoms with Gasteiger partial charge in [0.15, 0.2) is 0 Å². The third-order valence-corrected chi connectivity index (χ3v) is 1.78. The largest absolute Gasteiger partial charge is 0.491 e. The van der Waals surface area contributed by atoms with E-state index in [2.05, 4.69) is 4.99 Å². The fourth-order valence-electron chi connectivity index (χ4n) is 1.05. The number of benzene rings is 1. The Morgan fingerprint density at radius 1 is 1.27 bits per heavy atom. The molecule has 0 saturated carbocycles. The second-order valence-electron chi connectivity index (χ2n) is 2.90. The van der Waals surface area contributed by atoms with E-state index in [9.17, 15) is 0 Å². The Bertz CT molecular complexity index is 296. The number of rotatable bonds is 6. The molecule has 0 atom stereocenters. The molecule has 0 bridgehead atoms. The maximum atomic E-state index is 5.41. The van der Waals surface area contributed by atoms with Crippen LogP contribution in [0, 0.1) is 0 Å². The monoisotopic (exact) mass is 208 g/mol. The van der Waals surface area contributed by atoms with E-state index in [-0.39, 0.29) is 0 Å². The number of ether oxygens (including phenoxy) is 2. The molecule has 0 aliphatic carbocycles. The normalized spacial score (nSPS) is 10.8. The Labute approximate surface area is 89.7 Å². The van der Waals surface area contributed by atoms with Crippen molar-refractivity contribution in [2.24, 2.45) is 10.7 Å². The van der Waals surface area contributed by atoms with E-state index in [4.69, 9.17) is 15.2 Å². The third-order valence-electron chi connectivity index (χ3n) is 1.78. The lowest BCUT2D eigenvalue weighted by atomic mass is 10.2. The highest BCUT2D eigenvalue weighted by Gasteiger charge is 1.93. The summed E-state index contributed by atoms with van der Waals surface area (Å²) in [7, 11) is 1.65. The number of nitrogens with zero attached hydrogens (tertiary/aromatic N) is 1. The van der Waals surface area contributed by atoms with Crippen molar-refractivity contribution >= 4 is 6.21 Å². The van der Waals surface area contributed by atoms with Gasteiger partial charge in [0.25, 0.3) is 0 Å². The molecule has 0 amide bonds. The van der Waals surface area contributed by atoms with Gasteiger partial charge in [-0.2, -0.15) is 0 Å². The van der Waals surface area contributed by atoms with E-state index in [0.717, 1.165) is 11.3 Å². The van der Waals surface area contributed by atoms with E-state index in [1.807, 2.05) is 24.3 Å². The van der Waals surface area contributed by atoms with Crippen molar-refractivity contribution < 1.29 is 9.47 Å². The Hall–Kier alpha value is -1.39. The molecule has 0 aromatic heterocycles. The van der Waals surface area contributed by atoms with Gasteiger partial charge >= 0.3 is 0 Å². The van der Waals surface area contributed by atoms with Gasteiger partial charge in [-0.15, -0.1) is 0 Å². The average molecular weight is 208 g/mol. The lowest BCUT2D eigenvalue weighted by Gasteiger charge is -2.04. The van der Waals surface area contributed by atoms with Crippen molar-refractivity contribution in [1.82, 2.24) is 0 Å². The zero-order valence-corrected chi connectivity index (χ0v) is 8.85. The van der Waals surface area contributed by atoms with E-state index < -0.39 is 0 Å². The highest BCUT2D eigenvalue weighted by Crippen LogP contribution is 2.10. The average Bonchev–Trinajstić information content (AvgIpc) is 2.28. The summed E-state index contributed by atoms with van der Waals surface area (Å²) in [4.78, 5) is 3.94. The summed E-state index contributed by atoms with van der Waals surface area (Å²) in [5, 5.41) is 0. The van der Waals surface area contributed by atoms with Crippen LogP contribution in [0.2, 0.25) is 0 Å². The van der Waals surface area contributed by atoms with Gasteiger partial charge in [0.1, 0.15) is 12.4 Å². The number of aliphatic imine (C=N–C) groups is 1. The molecule has 0 fully saturated rings. The van der Waals surface area contributed by atoms with Gasteiger partial charge in [0.05, 0.1) is 13.3 Å². The van der Waals surface area contributed by atoms with Crippen LogP contribution in [0.3, 0.4) is 0 Å². The van der Waals surface area contributed by atoms with E-state index in [0.29, 0.717) is 19.9 Å². The number of hydrogen-bond acceptors (Lipinski definition) is 4. The van der Waals surface area contributed by atoms with Gasteiger partial charge in [-0.05, 0) is 29.8 Å². The zero-order chi connectivity index (χ0) is 10.9. The number of methoxy groups -OCH3 is 1. The molecule has 2 N–H and O–H groups in total. The minimum Gasteiger partial charge on any atom is -0.491 e. The predicted octanol–water partition coefficient (Wildman–Crippen LogP) is 1.05. The molecular weight excluding hydrogens is 192 g/mol. The van der Waals surface area contributed by atoms with Crippen LogP contribution in [0.25, 0.3) is 0 Å². The molecule has 1 aromatic carbocycles. The molecule has 82 valence electrons. The minimum absolute atomic E-state index is 0.312. The first-order valence-corrected chi connectivity index (χ1v) is 4.78. The molecule has 0 aliphatic heterocycles. The molecule has 1 rings (SSSR count). The molecule has 0 saturated heterocycles. The molecule has 0 spiro atoms. The standard InChI is InChI=1S/C11H16N2O2/c1-14-6-7-15-11-4-2-10(3-5-11)8-13-9-12/h2-5,8H,6-7,9,12H2,1H3/b13-8+. The maximum Gasteiger partial charge on any atom is 0.119 e. The first-order chi connectivity index (χ1) is 7.36. The van der Waals surface area contributed by atoms with Gasteiger partial charge in [0.2, 0.25) is 0 Å². The summed E-state index contributed by atoms with van der Waals surface area (Å²) in [5.41, 5.74) is 6.26. The highest BCUT2D eigenvalue weighted by atomic mass is 16.5. The van der Waals surface area contributed by atoms with Crippen molar-refractivity contribution in [2.75, 3.05) is 27.0 Å². The quantitative estimate of drug-likeness (QED) is 0.561. The number of nitrogens with two attached hydrogens (primary N) is 1. The smallest absolute Gasteiger partial charge is 0.119 e. The van der Waals surface area contributed by atoms with Crippen molar-refractivity contribution in [3.8, 4) is 5.75 Å². The first-order valence-electron chi connectivity index (χ1n) is 4.78. The molecule has 0 radical (unpaired) electrons. The summed E-state index contributed by atoms with van der Waals surface area (Å²) < 4.78 is 10.3. The van der Waals surface area contributed by atoms with E-state index in [1.165, 1.54) is 0 Å². The van der Waals surface area contributed by atoms with E-state index in [1.54, 1.807) is 13.3 Å². The van der Waals surface area contributed by atoms with Crippen molar-refractivity contribution in [3.63, 3.8) is 0 Å². The second kappa shape index (κ2) is 6.98. The van der Waals surface area contributed by atoms with Gasteiger partial charge < -0.3 is 15.2 Å². The minimum atomic E-state index is 0.312. The SMILES string of the molecule is COCCOc1ccc(/C=N/CN)cc1. The molecule has 0 heterocycles. The first kappa shape index (κ1) is 11.7. The van der Waals surface area contributed by atoms with Crippen molar-refractivity contribution in [2.45, 2.75) is 0 Å². The van der Waals surface area contributed by atoms with Crippen LogP contribution in [0.15, 0.2) is 29.3 Å². The summed E-state index contributed by atoms with van der Waals surface area (Å²) in [6, 6.07) is 7.66. The Morgan fingerprint density at radius 2 is 2.00 bits per heavy atom. The Kier molecular flexibility index (Phi) is 5.43. The molecule has 15 heavy (non-hydrogen) atoms. The molecule has 4 heteroatoms. The summed E-state index contributed by atoms with van der Waals surface area (Å²) in [6.45, 7) is 1.47.